The molecule has 0 aromatic carbocycles. The molecule has 0 bridgehead atoms. The van der Waals surface area contributed by atoms with Gasteiger partial charge in [-0.05, 0) is 12.8 Å². The normalized spacial score (nSPS) is 11.8. The lowest BCUT2D eigenvalue weighted by Crippen LogP contribution is -2.29. The Morgan fingerprint density at radius 1 is 0.439 bits per heavy atom. The average Bonchev–Trinajstić information content (AvgIpc) is 2.98. The Kier molecular flexibility index (Phi) is 30.9. The molecule has 41 heavy (non-hydrogen) atoms. The van der Waals surface area contributed by atoms with E-state index in [1.165, 1.54) is 154 Å². The lowest BCUT2D eigenvalue weighted by atomic mass is 9.88. The zero-order valence-corrected chi connectivity index (χ0v) is 29.5. The highest BCUT2D eigenvalue weighted by molar-refractivity contribution is 8.00. The Bertz CT molecular complexity index is 545. The molecule has 244 valence electrons. The van der Waals surface area contributed by atoms with Crippen LogP contribution in [0.5, 0.6) is 0 Å². The first-order valence-electron chi connectivity index (χ1n) is 18.7. The summed E-state index contributed by atoms with van der Waals surface area (Å²) in [5.41, 5.74) is 0. The van der Waals surface area contributed by atoms with E-state index in [1.807, 2.05) is 25.6 Å². The van der Waals surface area contributed by atoms with Gasteiger partial charge in [-0.2, -0.15) is 11.8 Å². The highest BCUT2D eigenvalue weighted by atomic mass is 32.2. The van der Waals surface area contributed by atoms with Crippen LogP contribution in [0.3, 0.4) is 0 Å². The van der Waals surface area contributed by atoms with Gasteiger partial charge < -0.3 is 0 Å². The second kappa shape index (κ2) is 31.1. The molecule has 3 heteroatoms. The monoisotopic (exact) mass is 595 g/mol. The van der Waals surface area contributed by atoms with Gasteiger partial charge in [-0.15, -0.1) is 0 Å². The molecule has 0 spiro atoms. The van der Waals surface area contributed by atoms with E-state index in [0.29, 0.717) is 37.2 Å². The highest BCUT2D eigenvalue weighted by Crippen LogP contribution is 2.41. The van der Waals surface area contributed by atoms with Gasteiger partial charge in [0.1, 0.15) is 11.6 Å². The van der Waals surface area contributed by atoms with Gasteiger partial charge in [0.25, 0.3) is 0 Å². The zero-order valence-electron chi connectivity index (χ0n) is 28.6. The minimum atomic E-state index is 0.0537. The van der Waals surface area contributed by atoms with Crippen molar-refractivity contribution in [2.24, 2.45) is 0 Å². The molecule has 0 fully saturated rings. The lowest BCUT2D eigenvalue weighted by molar-refractivity contribution is -0.119. The number of Topliss-reactive ketones (excluding diaryl/α,β-unsaturated/α-hetero) is 2. The third-order valence-corrected chi connectivity index (χ3v) is 10.6. The van der Waals surface area contributed by atoms with Gasteiger partial charge in [0.2, 0.25) is 0 Å². The van der Waals surface area contributed by atoms with Crippen molar-refractivity contribution in [3.63, 3.8) is 0 Å². The van der Waals surface area contributed by atoms with Gasteiger partial charge in [0.05, 0.1) is 0 Å². The average molecular weight is 595 g/mol. The molecule has 0 saturated carbocycles. The number of carbonyl (C=O) groups is 2. The maximum Gasteiger partial charge on any atom is 0.134 e. The number of hydrogen-bond donors (Lipinski definition) is 0. The fourth-order valence-corrected chi connectivity index (χ4v) is 7.72. The van der Waals surface area contributed by atoms with Crippen LogP contribution in [0.15, 0.2) is 0 Å². The summed E-state index contributed by atoms with van der Waals surface area (Å²) in [6.07, 6.45) is 37.9. The number of carbonyl (C=O) groups excluding carboxylic acids is 2. The second-order valence-electron chi connectivity index (χ2n) is 13.0. The van der Waals surface area contributed by atoms with Crippen molar-refractivity contribution >= 4 is 23.3 Å². The van der Waals surface area contributed by atoms with E-state index in [9.17, 15) is 9.59 Å². The Labute approximate surface area is 263 Å². The van der Waals surface area contributed by atoms with E-state index in [0.717, 1.165) is 18.6 Å². The predicted octanol–water partition coefficient (Wildman–Crippen LogP) is 13.4. The van der Waals surface area contributed by atoms with Gasteiger partial charge in [-0.25, -0.2) is 0 Å². The van der Waals surface area contributed by atoms with E-state index >= 15 is 0 Å². The molecule has 0 N–H and O–H groups in total. The zero-order chi connectivity index (χ0) is 30.3. The van der Waals surface area contributed by atoms with Crippen molar-refractivity contribution < 1.29 is 9.59 Å². The molecule has 0 aromatic rings. The fourth-order valence-electron chi connectivity index (χ4n) is 6.12. The van der Waals surface area contributed by atoms with Crippen molar-refractivity contribution in [3.05, 3.63) is 0 Å². The van der Waals surface area contributed by atoms with Crippen LogP contribution in [0.25, 0.3) is 0 Å². The van der Waals surface area contributed by atoms with Gasteiger partial charge in [-0.1, -0.05) is 182 Å². The number of rotatable bonds is 34. The molecule has 2 nitrogen and oxygen atoms in total. The molecule has 0 aliphatic carbocycles. The first-order valence-corrected chi connectivity index (χ1v) is 19.7. The minimum absolute atomic E-state index is 0.0537. The molecule has 0 saturated heterocycles. The van der Waals surface area contributed by atoms with Crippen LogP contribution in [-0.4, -0.2) is 22.1 Å². The van der Waals surface area contributed by atoms with Crippen molar-refractivity contribution in [1.29, 1.82) is 0 Å². The van der Waals surface area contributed by atoms with E-state index < -0.39 is 0 Å². The summed E-state index contributed by atoms with van der Waals surface area (Å²) in [6.45, 7) is 8.57. The van der Waals surface area contributed by atoms with Crippen molar-refractivity contribution in [2.45, 2.75) is 225 Å². The van der Waals surface area contributed by atoms with E-state index in [-0.39, 0.29) is 4.75 Å². The van der Waals surface area contributed by atoms with Crippen LogP contribution in [-0.2, 0) is 9.59 Å². The van der Waals surface area contributed by atoms with Crippen LogP contribution in [0.4, 0.5) is 0 Å². The van der Waals surface area contributed by atoms with Crippen molar-refractivity contribution in [3.8, 4) is 0 Å². The molecule has 0 radical (unpaired) electrons. The summed E-state index contributed by atoms with van der Waals surface area (Å²) >= 11 is 1.98. The lowest BCUT2D eigenvalue weighted by Gasteiger charge is -2.33. The topological polar surface area (TPSA) is 34.1 Å². The van der Waals surface area contributed by atoms with Crippen molar-refractivity contribution in [2.75, 3.05) is 5.75 Å². The summed E-state index contributed by atoms with van der Waals surface area (Å²) in [5, 5.41) is 0. The first-order chi connectivity index (χ1) is 20.0. The van der Waals surface area contributed by atoms with E-state index in [2.05, 4.69) is 13.8 Å². The van der Waals surface area contributed by atoms with Gasteiger partial charge in [0.15, 0.2) is 0 Å². The Morgan fingerprint density at radius 2 is 0.756 bits per heavy atom. The third-order valence-electron chi connectivity index (χ3n) is 9.07. The van der Waals surface area contributed by atoms with E-state index in [1.54, 1.807) is 0 Å². The summed E-state index contributed by atoms with van der Waals surface area (Å²) in [5.74, 6) is 1.67. The Morgan fingerprint density at radius 3 is 1.07 bits per heavy atom. The number of unbranched alkanes of at least 4 members (excludes halogenated alkanes) is 22. The largest absolute Gasteiger partial charge is 0.300 e. The second-order valence-corrected chi connectivity index (χ2v) is 14.6. The molecule has 0 atom stereocenters. The molecule has 0 aliphatic rings. The molecular formula is C38H74O2S. The number of hydrogen-bond acceptors (Lipinski definition) is 3. The fraction of sp³-hybridized carbons (Fsp3) is 0.947. The number of thioether (sulfide) groups is 1. The summed E-state index contributed by atoms with van der Waals surface area (Å²) in [7, 11) is 0. The molecule has 0 amide bonds. The molecule has 0 heterocycles. The van der Waals surface area contributed by atoms with Gasteiger partial charge in [0, 0.05) is 36.2 Å². The molecule has 0 unspecified atom stereocenters. The molecule has 0 aromatic heterocycles. The van der Waals surface area contributed by atoms with Gasteiger partial charge in [-0.3, -0.25) is 9.59 Å². The molecule has 0 rings (SSSR count). The maximum absolute atomic E-state index is 12.7. The van der Waals surface area contributed by atoms with Crippen LogP contribution < -0.4 is 0 Å². The summed E-state index contributed by atoms with van der Waals surface area (Å²) in [6, 6.07) is 0. The third kappa shape index (κ3) is 27.0. The van der Waals surface area contributed by atoms with E-state index in [4.69, 9.17) is 0 Å². The Hall–Kier alpha value is -0.310. The van der Waals surface area contributed by atoms with Crippen LogP contribution in [0, 0.1) is 0 Å². The summed E-state index contributed by atoms with van der Waals surface area (Å²) in [4.78, 5) is 24.8. The Balaban J connectivity index is 4.50. The maximum atomic E-state index is 12.7. The quantitative estimate of drug-likeness (QED) is 0.0695. The van der Waals surface area contributed by atoms with Crippen molar-refractivity contribution in [1.82, 2.24) is 0 Å². The number of ketones is 2. The molecule has 0 aliphatic heterocycles. The van der Waals surface area contributed by atoms with Crippen LogP contribution in [0.2, 0.25) is 0 Å². The van der Waals surface area contributed by atoms with Crippen LogP contribution >= 0.6 is 11.8 Å². The highest BCUT2D eigenvalue weighted by Gasteiger charge is 2.32. The first kappa shape index (κ1) is 40.7. The smallest absolute Gasteiger partial charge is 0.134 e. The van der Waals surface area contributed by atoms with Crippen LogP contribution in [0.1, 0.15) is 220 Å². The summed E-state index contributed by atoms with van der Waals surface area (Å²) < 4.78 is 0.0537. The molecular weight excluding hydrogens is 520 g/mol. The standard InChI is InChI=1S/C38H74O2S/c1-5-9-11-13-15-17-19-21-23-25-27-29-32-38(35-37(40)8-4,41-34-31-36(39)7-3)33-30-28-26-24-22-20-18-16-14-12-10-6-2/h5-35H2,1-4H3. The SMILES string of the molecule is CCCCCCCCCCCCCCC(CCCCCCCCCCCCCC)(CC(=O)CC)SCCC(=O)CC. The van der Waals surface area contributed by atoms with Gasteiger partial charge >= 0.3 is 0 Å². The predicted molar refractivity (Wildman–Crippen MR) is 186 cm³/mol. The minimum Gasteiger partial charge on any atom is -0.300 e.